The van der Waals surface area contributed by atoms with Crippen molar-refractivity contribution < 1.29 is 22.8 Å². The largest absolute Gasteiger partial charge is 0.501 e. The van der Waals surface area contributed by atoms with Crippen molar-refractivity contribution in [1.29, 1.82) is 0 Å². The molecule has 0 rings (SSSR count). The van der Waals surface area contributed by atoms with Gasteiger partial charge in [-0.2, -0.15) is 0 Å². The van der Waals surface area contributed by atoms with Gasteiger partial charge >= 0.3 is 14.8 Å². The third-order valence-corrected chi connectivity index (χ3v) is 6.91. The first-order valence-electron chi connectivity index (χ1n) is 9.94. The van der Waals surface area contributed by atoms with Crippen LogP contribution in [0.1, 0.15) is 80.6 Å². The van der Waals surface area contributed by atoms with Crippen molar-refractivity contribution in [3.8, 4) is 0 Å². The molecule has 0 saturated carbocycles. The smallest absolute Gasteiger partial charge is 0.462 e. The maximum absolute atomic E-state index is 11.3. The minimum atomic E-state index is -2.67. The Kier molecular flexibility index (Phi) is 13.1. The Morgan fingerprint density at radius 1 is 0.808 bits per heavy atom. The Morgan fingerprint density at radius 3 is 1.65 bits per heavy atom. The summed E-state index contributed by atoms with van der Waals surface area (Å²) in [5.74, 6) is -0.303. The molecule has 0 amide bonds. The van der Waals surface area contributed by atoms with E-state index in [1.54, 1.807) is 6.92 Å². The van der Waals surface area contributed by atoms with Crippen LogP contribution in [0.5, 0.6) is 0 Å². The Morgan fingerprint density at radius 2 is 1.23 bits per heavy atom. The van der Waals surface area contributed by atoms with Crippen molar-refractivity contribution in [1.82, 2.24) is 0 Å². The fourth-order valence-corrected chi connectivity index (χ4v) is 5.96. The van der Waals surface area contributed by atoms with Gasteiger partial charge in [-0.05, 0) is 61.3 Å². The summed E-state index contributed by atoms with van der Waals surface area (Å²) in [4.78, 5) is 11.3. The fourth-order valence-electron chi connectivity index (χ4n) is 2.60. The molecule has 0 spiro atoms. The van der Waals surface area contributed by atoms with Crippen molar-refractivity contribution in [3.05, 3.63) is 12.2 Å². The lowest BCUT2D eigenvalue weighted by atomic mass is 10.2. The van der Waals surface area contributed by atoms with E-state index in [4.69, 9.17) is 18.0 Å². The predicted molar refractivity (Wildman–Crippen MR) is 108 cm³/mol. The SMILES string of the molecule is C=C(C)C(=O)OCCCCCCC[Si](OC(C)C)(OC(C)C)OC(C)C. The molecular weight excluding hydrogens is 348 g/mol. The second kappa shape index (κ2) is 13.5. The quantitative estimate of drug-likeness (QED) is 0.165. The number of rotatable bonds is 15. The van der Waals surface area contributed by atoms with Crippen LogP contribution in [0.25, 0.3) is 0 Å². The Labute approximate surface area is 161 Å². The lowest BCUT2D eigenvalue weighted by Crippen LogP contribution is -2.50. The molecule has 0 aliphatic rings. The molecular formula is C20H40O5Si. The number of esters is 1. The molecule has 0 radical (unpaired) electrons. The molecule has 0 aromatic rings. The molecule has 0 atom stereocenters. The summed E-state index contributed by atoms with van der Waals surface area (Å²) in [7, 11) is -2.67. The normalized spacial score (nSPS) is 12.2. The van der Waals surface area contributed by atoms with E-state index in [1.807, 2.05) is 41.5 Å². The van der Waals surface area contributed by atoms with Crippen molar-refractivity contribution in [3.63, 3.8) is 0 Å². The zero-order chi connectivity index (χ0) is 20.2. The summed E-state index contributed by atoms with van der Waals surface area (Å²) in [5, 5.41) is 0. The number of unbranched alkanes of at least 4 members (excludes halogenated alkanes) is 4. The summed E-state index contributed by atoms with van der Waals surface area (Å²) in [6.07, 6.45) is 5.39. The van der Waals surface area contributed by atoms with Gasteiger partial charge in [0.05, 0.1) is 6.61 Å². The van der Waals surface area contributed by atoms with Crippen LogP contribution in [-0.4, -0.2) is 39.7 Å². The third kappa shape index (κ3) is 12.6. The van der Waals surface area contributed by atoms with Crippen molar-refractivity contribution in [2.24, 2.45) is 0 Å². The number of carbonyl (C=O) groups is 1. The topological polar surface area (TPSA) is 54.0 Å². The van der Waals surface area contributed by atoms with E-state index in [1.165, 1.54) is 0 Å². The summed E-state index contributed by atoms with van der Waals surface area (Å²) >= 11 is 0. The van der Waals surface area contributed by atoms with Gasteiger partial charge in [0.15, 0.2) is 0 Å². The molecule has 0 aromatic carbocycles. The van der Waals surface area contributed by atoms with Crippen LogP contribution in [0, 0.1) is 0 Å². The van der Waals surface area contributed by atoms with Gasteiger partial charge in [0, 0.05) is 29.9 Å². The average Bonchev–Trinajstić information content (AvgIpc) is 2.47. The summed E-state index contributed by atoms with van der Waals surface area (Å²) < 4.78 is 23.7. The predicted octanol–water partition coefficient (Wildman–Crippen LogP) is 5.27. The molecule has 6 heteroatoms. The maximum Gasteiger partial charge on any atom is 0.501 e. The zero-order valence-electron chi connectivity index (χ0n) is 17.9. The van der Waals surface area contributed by atoms with Crippen molar-refractivity contribution in [2.75, 3.05) is 6.61 Å². The van der Waals surface area contributed by atoms with E-state index < -0.39 is 8.80 Å². The monoisotopic (exact) mass is 388 g/mol. The van der Waals surface area contributed by atoms with Gasteiger partial charge in [0.2, 0.25) is 0 Å². The lowest BCUT2D eigenvalue weighted by Gasteiger charge is -2.34. The van der Waals surface area contributed by atoms with E-state index in [-0.39, 0.29) is 24.3 Å². The fraction of sp³-hybridized carbons (Fsp3) is 0.850. The minimum absolute atomic E-state index is 0.0853. The molecule has 0 heterocycles. The Balaban J connectivity index is 4.26. The van der Waals surface area contributed by atoms with Gasteiger partial charge in [0.1, 0.15) is 0 Å². The molecule has 0 aromatic heterocycles. The van der Waals surface area contributed by atoms with Gasteiger partial charge in [0.25, 0.3) is 0 Å². The number of carbonyl (C=O) groups excluding carboxylic acids is 1. The molecule has 0 bridgehead atoms. The Bertz CT molecular complexity index is 380. The van der Waals surface area contributed by atoms with Crippen molar-refractivity contribution in [2.45, 2.75) is 105 Å². The highest BCUT2D eigenvalue weighted by molar-refractivity contribution is 6.60. The van der Waals surface area contributed by atoms with Crippen molar-refractivity contribution >= 4 is 14.8 Å². The van der Waals surface area contributed by atoms with Crippen LogP contribution in [-0.2, 0) is 22.8 Å². The van der Waals surface area contributed by atoms with Crippen LogP contribution < -0.4 is 0 Å². The van der Waals surface area contributed by atoms with Gasteiger partial charge in [-0.15, -0.1) is 0 Å². The molecule has 0 N–H and O–H groups in total. The highest BCUT2D eigenvalue weighted by Gasteiger charge is 2.43. The first-order valence-corrected chi connectivity index (χ1v) is 11.9. The van der Waals surface area contributed by atoms with Crippen LogP contribution in [0.15, 0.2) is 12.2 Å². The second-order valence-electron chi connectivity index (χ2n) is 7.62. The van der Waals surface area contributed by atoms with Crippen LogP contribution in [0.3, 0.4) is 0 Å². The van der Waals surface area contributed by atoms with E-state index in [0.717, 1.165) is 38.1 Å². The molecule has 0 unspecified atom stereocenters. The van der Waals surface area contributed by atoms with Gasteiger partial charge < -0.3 is 18.0 Å². The lowest BCUT2D eigenvalue weighted by molar-refractivity contribution is -0.139. The molecule has 26 heavy (non-hydrogen) atoms. The van der Waals surface area contributed by atoms with Gasteiger partial charge in [-0.25, -0.2) is 4.79 Å². The summed E-state index contributed by atoms with van der Waals surface area (Å²) in [6.45, 7) is 17.9. The highest BCUT2D eigenvalue weighted by Crippen LogP contribution is 2.25. The average molecular weight is 389 g/mol. The minimum Gasteiger partial charge on any atom is -0.462 e. The Hall–Kier alpha value is -0.693. The molecule has 0 aliphatic heterocycles. The standard InChI is InChI=1S/C20H40O5Si/c1-16(2)20(21)22-14-12-10-9-11-13-15-26(23-17(3)4,24-18(5)6)25-19(7)8/h17-19H,1,9-15H2,2-8H3. The molecule has 154 valence electrons. The number of ether oxygens (including phenoxy) is 1. The van der Waals surface area contributed by atoms with Crippen LogP contribution >= 0.6 is 0 Å². The van der Waals surface area contributed by atoms with Crippen LogP contribution in [0.2, 0.25) is 6.04 Å². The molecule has 5 nitrogen and oxygen atoms in total. The molecule has 0 aliphatic carbocycles. The van der Waals surface area contributed by atoms with E-state index >= 15 is 0 Å². The van der Waals surface area contributed by atoms with E-state index in [9.17, 15) is 4.79 Å². The first-order chi connectivity index (χ1) is 12.1. The third-order valence-electron chi connectivity index (χ3n) is 3.45. The van der Waals surface area contributed by atoms with E-state index in [0.29, 0.717) is 12.2 Å². The summed E-state index contributed by atoms with van der Waals surface area (Å²) in [5.41, 5.74) is 0.451. The zero-order valence-corrected chi connectivity index (χ0v) is 18.9. The highest BCUT2D eigenvalue weighted by atomic mass is 28.4. The second-order valence-corrected chi connectivity index (χ2v) is 10.2. The van der Waals surface area contributed by atoms with E-state index in [2.05, 4.69) is 6.58 Å². The maximum atomic E-state index is 11.3. The van der Waals surface area contributed by atoms with Crippen LogP contribution in [0.4, 0.5) is 0 Å². The number of hydrogen-bond acceptors (Lipinski definition) is 5. The van der Waals surface area contributed by atoms with Gasteiger partial charge in [-0.1, -0.05) is 25.8 Å². The first kappa shape index (κ1) is 25.3. The summed E-state index contributed by atoms with van der Waals surface area (Å²) in [6, 6.07) is 0.839. The molecule has 0 saturated heterocycles. The number of hydrogen-bond donors (Lipinski definition) is 0. The molecule has 0 fully saturated rings. The van der Waals surface area contributed by atoms with Gasteiger partial charge in [-0.3, -0.25) is 0 Å².